The Balaban J connectivity index is 1.74. The van der Waals surface area contributed by atoms with Crippen molar-refractivity contribution in [1.29, 1.82) is 0 Å². The number of epoxide rings is 1. The SMILES string of the molecule is COc1cc2cc(c1Cl)N(C)C(=O)CC(OC(=O)C(C)N(C)C(=O)CCS(C)(C)C)C1(C)OC1C(C)C1CC(O)(NC(=O)O1)C(OC)/C=C/C=C(\C)C2. The average Bonchev–Trinajstić information content (AvgIpc) is 3.78. The van der Waals surface area contributed by atoms with Crippen molar-refractivity contribution in [2.45, 2.75) is 95.2 Å². The van der Waals surface area contributed by atoms with Gasteiger partial charge in [-0.3, -0.25) is 14.9 Å². The van der Waals surface area contributed by atoms with Gasteiger partial charge in [-0.15, -0.1) is 0 Å². The van der Waals surface area contributed by atoms with E-state index in [-0.39, 0.29) is 23.8 Å². The summed E-state index contributed by atoms with van der Waals surface area (Å²) < 4.78 is 29.3. The Hall–Kier alpha value is -3.30. The van der Waals surface area contributed by atoms with E-state index in [1.165, 1.54) is 24.0 Å². The van der Waals surface area contributed by atoms with E-state index in [2.05, 4.69) is 24.1 Å². The zero-order valence-electron chi connectivity index (χ0n) is 32.7. The zero-order valence-corrected chi connectivity index (χ0v) is 34.3. The maximum absolute atomic E-state index is 14.1. The fraction of sp³-hybridized carbons (Fsp3) is 0.632. The number of esters is 1. The minimum Gasteiger partial charge on any atom is -0.495 e. The molecule has 0 spiro atoms. The number of halogens is 1. The number of amides is 3. The molecule has 0 aliphatic carbocycles. The Labute approximate surface area is 319 Å². The minimum absolute atomic E-state index is 0.0438. The summed E-state index contributed by atoms with van der Waals surface area (Å²) in [6.07, 6.45) is 7.68. The van der Waals surface area contributed by atoms with Crippen molar-refractivity contribution in [3.63, 3.8) is 0 Å². The first kappa shape index (κ1) is 42.4. The summed E-state index contributed by atoms with van der Waals surface area (Å²) in [6.45, 7) is 7.05. The van der Waals surface area contributed by atoms with Crippen molar-refractivity contribution in [2.24, 2.45) is 5.92 Å². The van der Waals surface area contributed by atoms with Crippen molar-refractivity contribution in [3.05, 3.63) is 46.5 Å². The molecule has 15 heteroatoms. The molecule has 2 saturated heterocycles. The highest BCUT2D eigenvalue weighted by Gasteiger charge is 2.64. The second-order valence-corrected chi connectivity index (χ2v) is 20.4. The predicted octanol–water partition coefficient (Wildman–Crippen LogP) is 4.60. The fourth-order valence-corrected chi connectivity index (χ4v) is 7.89. The standard InChI is InChI=1S/C38H56ClN3O10S/c1-22-13-12-14-29(49-8)38(47)21-28(50-36(46)40-38)23(2)34-37(4,52-34)30(51-35(45)24(3)41(5)31(43)15-16-53(9,10)11)20-32(44)42(6)26-18-25(17-22)19-27(48-7)33(26)39/h12-14,18-19,23-24,28-30,34,47H,15-17,20-21H2,1-11H3,(H,40,46)/b14-12+,22-13+. The summed E-state index contributed by atoms with van der Waals surface area (Å²) in [5, 5.41) is 14.5. The number of alkyl carbamates (subject to hydrolysis) is 1. The third-order valence-electron chi connectivity index (χ3n) is 10.5. The van der Waals surface area contributed by atoms with Crippen LogP contribution in [-0.2, 0) is 39.8 Å². The van der Waals surface area contributed by atoms with Gasteiger partial charge >= 0.3 is 12.1 Å². The maximum Gasteiger partial charge on any atom is 0.409 e. The van der Waals surface area contributed by atoms with Gasteiger partial charge in [-0.05, 0) is 69.4 Å². The van der Waals surface area contributed by atoms with Crippen molar-refractivity contribution >= 4 is 51.2 Å². The molecule has 1 aromatic rings. The number of anilines is 1. The van der Waals surface area contributed by atoms with Gasteiger partial charge in [-0.25, -0.2) is 19.6 Å². The molecule has 53 heavy (non-hydrogen) atoms. The number of aliphatic hydroxyl groups is 1. The first-order valence-electron chi connectivity index (χ1n) is 17.6. The number of fused-ring (bicyclic) bond motifs is 5. The molecule has 296 valence electrons. The zero-order chi connectivity index (χ0) is 39.6. The lowest BCUT2D eigenvalue weighted by molar-refractivity contribution is -0.162. The highest BCUT2D eigenvalue weighted by Crippen LogP contribution is 2.49. The van der Waals surface area contributed by atoms with Crippen molar-refractivity contribution in [2.75, 3.05) is 57.7 Å². The Morgan fingerprint density at radius 1 is 1.23 bits per heavy atom. The summed E-state index contributed by atoms with van der Waals surface area (Å²) in [7, 11) is 5.14. The summed E-state index contributed by atoms with van der Waals surface area (Å²) in [4.78, 5) is 56.6. The van der Waals surface area contributed by atoms with Crippen molar-refractivity contribution in [3.8, 4) is 5.75 Å². The number of carbonyl (C=O) groups excluding carboxylic acids is 4. The molecule has 1 aromatic carbocycles. The summed E-state index contributed by atoms with van der Waals surface area (Å²) in [5.41, 5.74) is -0.877. The van der Waals surface area contributed by atoms with E-state index < -0.39 is 75.7 Å². The topological polar surface area (TPSA) is 156 Å². The van der Waals surface area contributed by atoms with E-state index in [0.29, 0.717) is 24.3 Å². The molecular weight excluding hydrogens is 726 g/mol. The van der Waals surface area contributed by atoms with Gasteiger partial charge in [0.2, 0.25) is 11.8 Å². The molecule has 8 atom stereocenters. The largest absolute Gasteiger partial charge is 0.495 e. The molecule has 0 radical (unpaired) electrons. The smallest absolute Gasteiger partial charge is 0.409 e. The molecule has 2 N–H and O–H groups in total. The summed E-state index contributed by atoms with van der Waals surface area (Å²) in [6, 6.07) is 2.65. The van der Waals surface area contributed by atoms with Crippen LogP contribution in [0, 0.1) is 5.92 Å². The third-order valence-corrected chi connectivity index (χ3v) is 12.3. The average molecular weight is 782 g/mol. The van der Waals surface area contributed by atoms with Crippen LogP contribution in [0.4, 0.5) is 10.5 Å². The summed E-state index contributed by atoms with van der Waals surface area (Å²) in [5.74, 6) is -0.736. The molecule has 2 fully saturated rings. The molecule has 13 nitrogen and oxygen atoms in total. The molecule has 4 rings (SSSR count). The van der Waals surface area contributed by atoms with Crippen LogP contribution in [0.2, 0.25) is 5.02 Å². The van der Waals surface area contributed by atoms with Crippen LogP contribution in [0.1, 0.15) is 52.5 Å². The number of rotatable bonds is 8. The molecule has 0 saturated carbocycles. The van der Waals surface area contributed by atoms with Crippen molar-refractivity contribution in [1.82, 2.24) is 10.2 Å². The predicted molar refractivity (Wildman–Crippen MR) is 206 cm³/mol. The minimum atomic E-state index is -1.82. The lowest BCUT2D eigenvalue weighted by Gasteiger charge is -2.42. The monoisotopic (exact) mass is 781 g/mol. The molecule has 3 aliphatic heterocycles. The van der Waals surface area contributed by atoms with E-state index in [4.69, 9.17) is 35.3 Å². The van der Waals surface area contributed by atoms with Crippen LogP contribution < -0.4 is 15.0 Å². The number of nitrogens with zero attached hydrogens (tertiary/aromatic N) is 2. The van der Waals surface area contributed by atoms with Gasteiger partial charge < -0.3 is 38.6 Å². The van der Waals surface area contributed by atoms with Gasteiger partial charge in [0.05, 0.1) is 25.3 Å². The van der Waals surface area contributed by atoms with E-state index in [1.54, 1.807) is 52.2 Å². The second kappa shape index (κ2) is 16.6. The lowest BCUT2D eigenvalue weighted by Crippen LogP contribution is -2.63. The number of hydrogen-bond acceptors (Lipinski definition) is 10. The van der Waals surface area contributed by atoms with Crippen LogP contribution in [0.5, 0.6) is 5.75 Å². The van der Waals surface area contributed by atoms with Gasteiger partial charge in [0.25, 0.3) is 0 Å². The Morgan fingerprint density at radius 2 is 1.91 bits per heavy atom. The van der Waals surface area contributed by atoms with E-state index in [1.807, 2.05) is 19.9 Å². The molecule has 3 heterocycles. The molecular formula is C38H56ClN3O10S. The number of nitrogens with one attached hydrogen (secondary N) is 1. The van der Waals surface area contributed by atoms with Crippen LogP contribution in [-0.4, -0.2) is 129 Å². The number of methoxy groups -OCH3 is 2. The molecule has 4 bridgehead atoms. The lowest BCUT2D eigenvalue weighted by atomic mass is 9.83. The first-order chi connectivity index (χ1) is 24.6. The van der Waals surface area contributed by atoms with Crippen LogP contribution in [0.3, 0.4) is 0 Å². The van der Waals surface area contributed by atoms with Gasteiger partial charge in [-0.2, -0.15) is 0 Å². The number of allylic oxidation sites excluding steroid dienone is 3. The Bertz CT molecular complexity index is 1630. The van der Waals surface area contributed by atoms with Crippen molar-refractivity contribution < 1.29 is 48.0 Å². The maximum atomic E-state index is 14.1. The summed E-state index contributed by atoms with van der Waals surface area (Å²) >= 11 is 6.77. The van der Waals surface area contributed by atoms with Crippen LogP contribution in [0.15, 0.2) is 35.9 Å². The number of benzene rings is 1. The van der Waals surface area contributed by atoms with E-state index in [0.717, 1.165) is 16.9 Å². The second-order valence-electron chi connectivity index (χ2n) is 15.4. The number of hydrogen-bond donors (Lipinski definition) is 2. The van der Waals surface area contributed by atoms with Gasteiger partial charge in [-0.1, -0.05) is 42.3 Å². The quantitative estimate of drug-likeness (QED) is 0.283. The van der Waals surface area contributed by atoms with Crippen LogP contribution >= 0.6 is 21.6 Å². The molecule has 0 aromatic heterocycles. The highest BCUT2D eigenvalue weighted by atomic mass is 35.5. The molecule has 8 unspecified atom stereocenters. The fourth-order valence-electron chi connectivity index (χ4n) is 6.79. The van der Waals surface area contributed by atoms with E-state index >= 15 is 0 Å². The van der Waals surface area contributed by atoms with Gasteiger partial charge in [0.15, 0.2) is 5.72 Å². The first-order valence-corrected chi connectivity index (χ1v) is 21.1. The highest BCUT2D eigenvalue weighted by molar-refractivity contribution is 8.32. The van der Waals surface area contributed by atoms with Crippen LogP contribution in [0.25, 0.3) is 0 Å². The van der Waals surface area contributed by atoms with Gasteiger partial charge in [0.1, 0.15) is 40.7 Å². The normalized spacial score (nSPS) is 31.8. The number of ether oxygens (including phenoxy) is 5. The molecule has 3 amide bonds. The Kier molecular flexibility index (Phi) is 13.3. The number of likely N-dealkylation sites (N-methyl/N-ethyl adjacent to an activating group) is 1. The number of carbonyl (C=O) groups is 4. The van der Waals surface area contributed by atoms with E-state index in [9.17, 15) is 24.3 Å². The Morgan fingerprint density at radius 3 is 2.53 bits per heavy atom. The third kappa shape index (κ3) is 9.88. The van der Waals surface area contributed by atoms with Gasteiger partial charge in [0, 0.05) is 40.0 Å². The molecule has 3 aliphatic rings.